The molecule has 3 aromatic rings. The summed E-state index contributed by atoms with van der Waals surface area (Å²) in [6.07, 6.45) is 0. The van der Waals surface area contributed by atoms with E-state index in [1.807, 2.05) is 50.2 Å². The summed E-state index contributed by atoms with van der Waals surface area (Å²) in [6.45, 7) is 5.06. The van der Waals surface area contributed by atoms with Crippen molar-refractivity contribution in [2.75, 3.05) is 10.8 Å². The summed E-state index contributed by atoms with van der Waals surface area (Å²) in [5, 5.41) is 4.15. The van der Waals surface area contributed by atoms with Crippen molar-refractivity contribution in [3.63, 3.8) is 0 Å². The molecule has 0 heterocycles. The summed E-state index contributed by atoms with van der Waals surface area (Å²) < 4.78 is 28.9. The highest BCUT2D eigenvalue weighted by Gasteiger charge is 2.28. The maximum atomic E-state index is 13.4. The van der Waals surface area contributed by atoms with Gasteiger partial charge in [0.05, 0.1) is 16.3 Å². The molecule has 0 saturated heterocycles. The lowest BCUT2D eigenvalue weighted by Gasteiger charge is -2.25. The molecule has 0 fully saturated rings. The molecule has 0 aliphatic rings. The van der Waals surface area contributed by atoms with Gasteiger partial charge in [-0.25, -0.2) is 13.8 Å². The molecule has 0 spiro atoms. The molecule has 32 heavy (non-hydrogen) atoms. The Kier molecular flexibility index (Phi) is 7.48. The van der Waals surface area contributed by atoms with Crippen LogP contribution in [0.25, 0.3) is 0 Å². The predicted octanol–water partition coefficient (Wildman–Crippen LogP) is 4.80. The highest BCUT2D eigenvalue weighted by Crippen LogP contribution is 2.27. The zero-order valence-electron chi connectivity index (χ0n) is 18.0. The minimum absolute atomic E-state index is 0.113. The molecule has 0 unspecified atom stereocenters. The highest BCUT2D eigenvalue weighted by atomic mass is 79.9. The summed E-state index contributed by atoms with van der Waals surface area (Å²) in [4.78, 5) is 12.9. The molecule has 3 rings (SSSR count). The summed E-state index contributed by atoms with van der Waals surface area (Å²) >= 11 is 3.41. The number of sulfonamides is 1. The Labute approximate surface area is 197 Å². The maximum Gasteiger partial charge on any atom is 0.264 e. The number of carbonyl (C=O) groups excluding carboxylic acids is 1. The molecule has 1 N–H and O–H groups in total. The lowest BCUT2D eigenvalue weighted by Crippen LogP contribution is -2.40. The molecule has 8 heteroatoms. The Hall–Kier alpha value is -2.97. The van der Waals surface area contributed by atoms with Crippen molar-refractivity contribution in [3.05, 3.63) is 94.0 Å². The highest BCUT2D eigenvalue weighted by molar-refractivity contribution is 9.10. The van der Waals surface area contributed by atoms with Gasteiger partial charge in [-0.15, -0.1) is 0 Å². The molecule has 166 valence electrons. The van der Waals surface area contributed by atoms with Crippen LogP contribution >= 0.6 is 15.9 Å². The van der Waals surface area contributed by atoms with Gasteiger partial charge in [-0.2, -0.15) is 5.10 Å². The molecular weight excluding hydrogens is 490 g/mol. The number of amides is 1. The van der Waals surface area contributed by atoms with Crippen molar-refractivity contribution < 1.29 is 13.2 Å². The van der Waals surface area contributed by atoms with Crippen LogP contribution in [-0.4, -0.2) is 26.6 Å². The van der Waals surface area contributed by atoms with Crippen LogP contribution in [0.1, 0.15) is 23.6 Å². The standard InChI is InChI=1S/C24H24BrN3O3S/c1-17-12-13-18(2)23(14-17)28(32(30,31)22-10-5-4-6-11-22)16-24(29)27-26-19(3)20-8-7-9-21(25)15-20/h4-15H,16H2,1-3H3,(H,27,29)/b26-19-. The summed E-state index contributed by atoms with van der Waals surface area (Å²) in [5.41, 5.74) is 6.02. The lowest BCUT2D eigenvalue weighted by molar-refractivity contribution is -0.119. The number of aryl methyl sites for hydroxylation is 2. The number of benzene rings is 3. The minimum atomic E-state index is -3.97. The van der Waals surface area contributed by atoms with Crippen LogP contribution < -0.4 is 9.73 Å². The fourth-order valence-corrected chi connectivity index (χ4v) is 5.00. The molecule has 0 saturated carbocycles. The minimum Gasteiger partial charge on any atom is -0.271 e. The first-order valence-electron chi connectivity index (χ1n) is 9.92. The zero-order chi connectivity index (χ0) is 23.3. The molecule has 0 atom stereocenters. The van der Waals surface area contributed by atoms with Crippen LogP contribution in [0.15, 0.2) is 87.3 Å². The van der Waals surface area contributed by atoms with E-state index >= 15 is 0 Å². The van der Waals surface area contributed by atoms with Gasteiger partial charge in [0.1, 0.15) is 6.54 Å². The van der Waals surface area contributed by atoms with Gasteiger partial charge >= 0.3 is 0 Å². The number of anilines is 1. The quantitative estimate of drug-likeness (QED) is 0.364. The van der Waals surface area contributed by atoms with E-state index in [9.17, 15) is 13.2 Å². The topological polar surface area (TPSA) is 78.8 Å². The number of hydrogen-bond donors (Lipinski definition) is 1. The molecule has 0 bridgehead atoms. The normalized spacial score (nSPS) is 11.8. The molecule has 0 aromatic heterocycles. The van der Waals surface area contributed by atoms with Crippen molar-refractivity contribution in [1.82, 2.24) is 5.43 Å². The van der Waals surface area contributed by atoms with Crippen LogP contribution in [0, 0.1) is 13.8 Å². The molecular formula is C24H24BrN3O3S. The average Bonchev–Trinajstić information content (AvgIpc) is 2.78. The lowest BCUT2D eigenvalue weighted by atomic mass is 10.1. The smallest absolute Gasteiger partial charge is 0.264 e. The van der Waals surface area contributed by atoms with Crippen molar-refractivity contribution in [3.8, 4) is 0 Å². The first kappa shape index (κ1) is 23.7. The largest absolute Gasteiger partial charge is 0.271 e. The van der Waals surface area contributed by atoms with E-state index in [-0.39, 0.29) is 4.90 Å². The van der Waals surface area contributed by atoms with Gasteiger partial charge in [-0.3, -0.25) is 9.10 Å². The van der Waals surface area contributed by atoms with E-state index in [4.69, 9.17) is 0 Å². The second-order valence-electron chi connectivity index (χ2n) is 7.36. The third-order valence-corrected chi connectivity index (χ3v) is 7.11. The van der Waals surface area contributed by atoms with Crippen LogP contribution in [0.2, 0.25) is 0 Å². The monoisotopic (exact) mass is 513 g/mol. The Morgan fingerprint density at radius 2 is 1.72 bits per heavy atom. The first-order valence-corrected chi connectivity index (χ1v) is 12.2. The van der Waals surface area contributed by atoms with Gasteiger partial charge < -0.3 is 0 Å². The number of nitrogens with zero attached hydrogens (tertiary/aromatic N) is 2. The first-order chi connectivity index (χ1) is 15.2. The molecule has 3 aromatic carbocycles. The van der Waals surface area contributed by atoms with Gasteiger partial charge in [0.25, 0.3) is 15.9 Å². The third kappa shape index (κ3) is 5.63. The SMILES string of the molecule is C/C(=N/NC(=O)CN(c1cc(C)ccc1C)S(=O)(=O)c1ccccc1)c1cccc(Br)c1. The van der Waals surface area contributed by atoms with Gasteiger partial charge in [0.2, 0.25) is 0 Å². The molecule has 1 amide bonds. The van der Waals surface area contributed by atoms with Crippen LogP contribution in [0.4, 0.5) is 5.69 Å². The summed E-state index contributed by atoms with van der Waals surface area (Å²) in [6, 6.07) is 21.1. The summed E-state index contributed by atoms with van der Waals surface area (Å²) in [7, 11) is -3.97. The molecule has 0 aliphatic carbocycles. The van der Waals surface area contributed by atoms with E-state index in [0.29, 0.717) is 11.4 Å². The third-order valence-electron chi connectivity index (χ3n) is 4.84. The van der Waals surface area contributed by atoms with Crippen molar-refractivity contribution in [1.29, 1.82) is 0 Å². The van der Waals surface area contributed by atoms with Gasteiger partial charge in [0.15, 0.2) is 0 Å². The van der Waals surface area contributed by atoms with E-state index in [1.54, 1.807) is 31.2 Å². The average molecular weight is 514 g/mol. The Morgan fingerprint density at radius 1 is 1.00 bits per heavy atom. The van der Waals surface area contributed by atoms with Crippen molar-refractivity contribution in [2.45, 2.75) is 25.7 Å². The Balaban J connectivity index is 1.91. The van der Waals surface area contributed by atoms with E-state index in [1.165, 1.54) is 12.1 Å². The van der Waals surface area contributed by atoms with E-state index in [2.05, 4.69) is 26.5 Å². The number of hydrogen-bond acceptors (Lipinski definition) is 4. The van der Waals surface area contributed by atoms with Crippen molar-refractivity contribution in [2.24, 2.45) is 5.10 Å². The van der Waals surface area contributed by atoms with Crippen LogP contribution in [0.3, 0.4) is 0 Å². The van der Waals surface area contributed by atoms with Crippen molar-refractivity contribution >= 4 is 43.3 Å². The van der Waals surface area contributed by atoms with Gasteiger partial charge in [-0.1, -0.05) is 58.4 Å². The molecule has 6 nitrogen and oxygen atoms in total. The van der Waals surface area contributed by atoms with Gasteiger partial charge in [0, 0.05) is 4.47 Å². The van der Waals surface area contributed by atoms with E-state index < -0.39 is 22.5 Å². The number of nitrogens with one attached hydrogen (secondary N) is 1. The predicted molar refractivity (Wildman–Crippen MR) is 131 cm³/mol. The number of carbonyl (C=O) groups is 1. The summed E-state index contributed by atoms with van der Waals surface area (Å²) in [5.74, 6) is -0.542. The fourth-order valence-electron chi connectivity index (χ4n) is 3.10. The molecule has 0 radical (unpaired) electrons. The van der Waals surface area contributed by atoms with E-state index in [0.717, 1.165) is 25.5 Å². The number of hydrazone groups is 1. The Morgan fingerprint density at radius 3 is 2.41 bits per heavy atom. The Bertz CT molecular complexity index is 1260. The fraction of sp³-hybridized carbons (Fsp3) is 0.167. The second-order valence-corrected chi connectivity index (χ2v) is 10.1. The van der Waals surface area contributed by atoms with Gasteiger partial charge in [-0.05, 0) is 67.8 Å². The second kappa shape index (κ2) is 10.1. The maximum absolute atomic E-state index is 13.4. The molecule has 0 aliphatic heterocycles. The number of halogens is 1. The van der Waals surface area contributed by atoms with Crippen LogP contribution in [0.5, 0.6) is 0 Å². The van der Waals surface area contributed by atoms with Crippen LogP contribution in [-0.2, 0) is 14.8 Å². The zero-order valence-corrected chi connectivity index (χ0v) is 20.4. The number of rotatable bonds is 7.